The molecule has 23 aromatic carbocycles. The topological polar surface area (TPSA) is 88.6 Å². The minimum atomic E-state index is -0.0321. The van der Waals surface area contributed by atoms with Gasteiger partial charge in [-0.1, -0.05) is 369 Å². The molecular weight excluding hydrogens is 1760 g/mol. The van der Waals surface area contributed by atoms with E-state index in [2.05, 4.69) is 506 Å². The van der Waals surface area contributed by atoms with Gasteiger partial charge in [0.25, 0.3) is 0 Å². The lowest BCUT2D eigenvalue weighted by atomic mass is 9.86. The normalized spacial score (nSPS) is 12.1. The molecule has 6 heterocycles. The highest BCUT2D eigenvalue weighted by atomic mass is 16.3. The molecule has 0 radical (unpaired) electrons. The van der Waals surface area contributed by atoms with E-state index in [1.165, 1.54) is 70.9 Å². The molecule has 29 aromatic rings. The molecule has 0 fully saturated rings. The third-order valence-corrected chi connectivity index (χ3v) is 29.3. The number of aryl methyl sites for hydroxylation is 1. The van der Waals surface area contributed by atoms with Crippen molar-refractivity contribution in [2.75, 3.05) is 14.7 Å². The van der Waals surface area contributed by atoms with Crippen LogP contribution in [0.25, 0.3) is 219 Å². The van der Waals surface area contributed by atoms with E-state index in [4.69, 9.17) is 26.5 Å². The molecule has 0 aliphatic heterocycles. The quantitative estimate of drug-likeness (QED) is 0.126. The summed E-state index contributed by atoms with van der Waals surface area (Å²) in [5, 5.41) is 27.8. The molecule has 144 heavy (non-hydrogen) atoms. The Balaban J connectivity index is 0.000000108. The Morgan fingerprint density at radius 3 is 0.896 bits per heavy atom. The number of anilines is 9. The van der Waals surface area contributed by atoms with Crippen LogP contribution in [0.3, 0.4) is 0 Å². The maximum atomic E-state index is 6.77. The fourth-order valence-corrected chi connectivity index (χ4v) is 22.6. The van der Waals surface area contributed by atoms with Gasteiger partial charge in [0.15, 0.2) is 0 Å². The highest BCUT2D eigenvalue weighted by Crippen LogP contribution is 2.54. The first-order chi connectivity index (χ1) is 70.6. The van der Waals surface area contributed by atoms with Crippen molar-refractivity contribution in [1.82, 2.24) is 0 Å². The minimum absolute atomic E-state index is 0.0292. The highest BCUT2D eigenvalue weighted by Gasteiger charge is 2.31. The van der Waals surface area contributed by atoms with Crippen LogP contribution in [-0.4, -0.2) is 0 Å². The number of fused-ring (bicyclic) bond motifs is 30. The molecule has 9 nitrogen and oxygen atoms in total. The first kappa shape index (κ1) is 85.0. The van der Waals surface area contributed by atoms with E-state index in [0.29, 0.717) is 0 Å². The Kier molecular flexibility index (Phi) is 19.8. The van der Waals surface area contributed by atoms with Crippen LogP contribution in [-0.2, 0) is 10.8 Å². The molecule has 0 unspecified atom stereocenters. The fraction of sp³-hybridized carbons (Fsp3) is 0.0667. The zero-order valence-electron chi connectivity index (χ0n) is 80.5. The first-order valence-electron chi connectivity index (χ1n) is 49.5. The first-order valence-corrected chi connectivity index (χ1v) is 49.5. The third kappa shape index (κ3) is 14.0. The molecule has 0 spiro atoms. The molecule has 6 aromatic heterocycles. The smallest absolute Gasteiger partial charge is 0.143 e. The maximum absolute atomic E-state index is 6.77. The van der Waals surface area contributed by atoms with Gasteiger partial charge in [0.1, 0.15) is 67.0 Å². The van der Waals surface area contributed by atoms with Crippen molar-refractivity contribution in [3.05, 3.63) is 466 Å². The highest BCUT2D eigenvalue weighted by molar-refractivity contribution is 6.32. The molecular formula is C135H95N3O6. The summed E-state index contributed by atoms with van der Waals surface area (Å²) in [7, 11) is 0. The molecule has 9 heteroatoms. The van der Waals surface area contributed by atoms with Gasteiger partial charge in [-0.05, 0) is 173 Å². The van der Waals surface area contributed by atoms with E-state index in [1.54, 1.807) is 0 Å². The predicted molar refractivity (Wildman–Crippen MR) is 605 cm³/mol. The van der Waals surface area contributed by atoms with Gasteiger partial charge in [0.05, 0.1) is 17.1 Å². The van der Waals surface area contributed by atoms with Crippen molar-refractivity contribution < 1.29 is 26.5 Å². The largest absolute Gasteiger partial charge is 0.456 e. The van der Waals surface area contributed by atoms with Gasteiger partial charge in [-0.3, -0.25) is 0 Å². The molecule has 0 amide bonds. The monoisotopic (exact) mass is 1850 g/mol. The molecule has 29 rings (SSSR count). The van der Waals surface area contributed by atoms with Crippen molar-refractivity contribution in [1.29, 1.82) is 0 Å². The van der Waals surface area contributed by atoms with Crippen molar-refractivity contribution in [3.8, 4) is 22.3 Å². The lowest BCUT2D eigenvalue weighted by molar-refractivity contribution is 0.572. The SMILES string of the molecule is CC(C)(C)c1cccc2c1oc1cc(N(c3ccccc3)c3cc4oc5ccc6ccccc6c5c4c4ccccc34)ccc12.Cc1ccccc1N(c1ccc2c(c1)oc1c(C(C)(C)C)cccc12)c1cc2oc3ccc4ccccc4c3c2c2ccccc12.c1ccc(-c2ccc(N(c3ccc4c(c3)oc3c(-c5ccccc5)cccc34)c3cc4oc5ccc6ccccc6c5c4c4ccccc34)cc2)cc1. The van der Waals surface area contributed by atoms with Crippen LogP contribution in [0.4, 0.5) is 51.2 Å². The minimum Gasteiger partial charge on any atom is -0.456 e. The van der Waals surface area contributed by atoms with Crippen molar-refractivity contribution in [2.45, 2.75) is 59.3 Å². The van der Waals surface area contributed by atoms with Gasteiger partial charge < -0.3 is 41.2 Å². The molecule has 0 saturated heterocycles. The van der Waals surface area contributed by atoms with E-state index in [-0.39, 0.29) is 10.8 Å². The number of hydrogen-bond acceptors (Lipinski definition) is 9. The summed E-state index contributed by atoms with van der Waals surface area (Å²) in [6.45, 7) is 15.6. The Morgan fingerprint density at radius 2 is 0.479 bits per heavy atom. The summed E-state index contributed by atoms with van der Waals surface area (Å²) >= 11 is 0. The second-order valence-electron chi connectivity index (χ2n) is 40.0. The molecule has 0 bridgehead atoms. The average molecular weight is 1860 g/mol. The van der Waals surface area contributed by atoms with E-state index in [0.717, 1.165) is 215 Å². The lowest BCUT2D eigenvalue weighted by Gasteiger charge is -2.28. The number of benzene rings is 23. The molecule has 0 aliphatic carbocycles. The molecule has 0 aliphatic rings. The van der Waals surface area contributed by atoms with Crippen LogP contribution < -0.4 is 14.7 Å². The summed E-state index contributed by atoms with van der Waals surface area (Å²) in [6.07, 6.45) is 0. The van der Waals surface area contributed by atoms with Gasteiger partial charge in [-0.15, -0.1) is 0 Å². The number of nitrogens with zero attached hydrogens (tertiary/aromatic N) is 3. The van der Waals surface area contributed by atoms with Crippen LogP contribution in [0, 0.1) is 6.92 Å². The number of hydrogen-bond donors (Lipinski definition) is 0. The van der Waals surface area contributed by atoms with E-state index in [1.807, 2.05) is 6.07 Å². The van der Waals surface area contributed by atoms with Crippen LogP contribution in [0.2, 0.25) is 0 Å². The van der Waals surface area contributed by atoms with Crippen LogP contribution in [0.1, 0.15) is 58.2 Å². The fourth-order valence-electron chi connectivity index (χ4n) is 22.6. The summed E-state index contributed by atoms with van der Waals surface area (Å²) in [5.41, 5.74) is 28.2. The van der Waals surface area contributed by atoms with Crippen molar-refractivity contribution in [3.63, 3.8) is 0 Å². The summed E-state index contributed by atoms with van der Waals surface area (Å²) < 4.78 is 40.2. The number of rotatable bonds is 11. The Hall–Kier alpha value is -18.2. The summed E-state index contributed by atoms with van der Waals surface area (Å²) in [6, 6.07) is 159. The molecule has 0 saturated carbocycles. The predicted octanol–water partition coefficient (Wildman–Crippen LogP) is 40.0. The van der Waals surface area contributed by atoms with Gasteiger partial charge in [-0.25, -0.2) is 0 Å². The van der Waals surface area contributed by atoms with Gasteiger partial charge in [0, 0.05) is 168 Å². The average Bonchev–Trinajstić information content (AvgIpc) is 1.57. The number of furan rings is 6. The number of para-hydroxylation sites is 5. The molecule has 0 atom stereocenters. The second-order valence-corrected chi connectivity index (χ2v) is 40.0. The molecule has 0 N–H and O–H groups in total. The van der Waals surface area contributed by atoms with Crippen LogP contribution in [0.15, 0.2) is 475 Å². The lowest BCUT2D eigenvalue weighted by Crippen LogP contribution is -2.11. The Morgan fingerprint density at radius 1 is 0.174 bits per heavy atom. The van der Waals surface area contributed by atoms with E-state index >= 15 is 0 Å². The second kappa shape index (κ2) is 33.6. The maximum Gasteiger partial charge on any atom is 0.143 e. The van der Waals surface area contributed by atoms with Crippen LogP contribution >= 0.6 is 0 Å². The Labute approximate surface area is 830 Å². The zero-order chi connectivity index (χ0) is 96.3. The van der Waals surface area contributed by atoms with E-state index in [9.17, 15) is 0 Å². The van der Waals surface area contributed by atoms with Gasteiger partial charge in [-0.2, -0.15) is 0 Å². The summed E-state index contributed by atoms with van der Waals surface area (Å²) in [5.74, 6) is 0. The summed E-state index contributed by atoms with van der Waals surface area (Å²) in [4.78, 5) is 7.02. The van der Waals surface area contributed by atoms with E-state index < -0.39 is 0 Å². The standard InChI is InChI=1S/C50H31NO2.C43H33NO2.C42H31NO2/c1-3-12-32(13-4-1)33-22-25-36(26-23-33)51(37-27-28-41-43-21-11-20-39(34-14-5-2-6-15-34)50(43)53-46(41)30-37)44-31-47-49(42-19-10-9-18-40(42)44)48-38-17-8-7-16-35(38)24-29-45(48)52-47;1-26-12-5-10-19-35(26)44(28-21-22-31-33-17-11-18-34(43(2,3)4)42(33)46-38(31)24-28)36-25-39-41(32-16-9-8-15-30(32)36)40-29-14-7-6-13-27(29)20-23-37(40)45-39;1-42(2,3)34-19-11-18-33-31-22-21-28(24-37(31)45-41(33)34)43(27-13-5-4-6-14-27)35-25-38-40(32-17-10-9-16-30(32)35)39-29-15-8-7-12-26(29)20-23-36(39)44-38/h1-31H;5-25H,1-4H3;4-25H,1-3H3. The van der Waals surface area contributed by atoms with Gasteiger partial charge >= 0.3 is 0 Å². The van der Waals surface area contributed by atoms with Crippen LogP contribution in [0.5, 0.6) is 0 Å². The van der Waals surface area contributed by atoms with Crippen molar-refractivity contribution >= 4 is 247 Å². The zero-order valence-corrected chi connectivity index (χ0v) is 80.5. The third-order valence-electron chi connectivity index (χ3n) is 29.3. The van der Waals surface area contributed by atoms with Gasteiger partial charge in [0.2, 0.25) is 0 Å². The Bertz CT molecular complexity index is 10200. The van der Waals surface area contributed by atoms with Crippen molar-refractivity contribution in [2.24, 2.45) is 0 Å². The molecule has 686 valence electrons.